The van der Waals surface area contributed by atoms with Crippen LogP contribution in [0, 0.1) is 0 Å². The molecule has 1 atom stereocenters. The first-order valence-corrected chi connectivity index (χ1v) is 4.78. The lowest BCUT2D eigenvalue weighted by molar-refractivity contribution is 0.111. The third-order valence-corrected chi connectivity index (χ3v) is 2.40. The molecule has 0 saturated heterocycles. The van der Waals surface area contributed by atoms with Crippen molar-refractivity contribution in [2.75, 3.05) is 6.54 Å². The molecule has 0 bridgehead atoms. The predicted octanol–water partition coefficient (Wildman–Crippen LogP) is 0.260. The summed E-state index contributed by atoms with van der Waals surface area (Å²) in [4.78, 5) is 0. The van der Waals surface area contributed by atoms with Crippen LogP contribution in [0.25, 0.3) is 0 Å². The van der Waals surface area contributed by atoms with E-state index in [1.807, 2.05) is 0 Å². The fourth-order valence-corrected chi connectivity index (χ4v) is 1.62. The number of nitrogens with one attached hydrogen (secondary N) is 1. The van der Waals surface area contributed by atoms with Gasteiger partial charge in [-0.25, -0.2) is 0 Å². The molecule has 0 amide bonds. The Labute approximate surface area is 73.8 Å². The standard InChI is InChI=1S/C9H19NO2/c1-7(11)6-10-8-2-4-9(12)5-3-8/h7-12H,2-6H2,1H3. The fraction of sp³-hybridized carbons (Fsp3) is 1.00. The van der Waals surface area contributed by atoms with Crippen LogP contribution in [0.5, 0.6) is 0 Å². The zero-order valence-electron chi connectivity index (χ0n) is 7.66. The average molecular weight is 173 g/mol. The Morgan fingerprint density at radius 3 is 2.42 bits per heavy atom. The van der Waals surface area contributed by atoms with Gasteiger partial charge in [0, 0.05) is 12.6 Å². The quantitative estimate of drug-likeness (QED) is 0.574. The van der Waals surface area contributed by atoms with Crippen molar-refractivity contribution in [3.05, 3.63) is 0 Å². The Morgan fingerprint density at radius 1 is 1.33 bits per heavy atom. The van der Waals surface area contributed by atoms with Gasteiger partial charge in [-0.3, -0.25) is 0 Å². The van der Waals surface area contributed by atoms with E-state index in [0.717, 1.165) is 25.7 Å². The highest BCUT2D eigenvalue weighted by molar-refractivity contribution is 4.76. The lowest BCUT2D eigenvalue weighted by Crippen LogP contribution is -2.38. The third kappa shape index (κ3) is 3.52. The fourth-order valence-electron chi connectivity index (χ4n) is 1.62. The monoisotopic (exact) mass is 173 g/mol. The minimum Gasteiger partial charge on any atom is -0.393 e. The summed E-state index contributed by atoms with van der Waals surface area (Å²) in [7, 11) is 0. The maximum absolute atomic E-state index is 9.23. The van der Waals surface area contributed by atoms with Crippen molar-refractivity contribution in [3.63, 3.8) is 0 Å². The van der Waals surface area contributed by atoms with Gasteiger partial charge in [0.1, 0.15) is 0 Å². The molecule has 1 fully saturated rings. The van der Waals surface area contributed by atoms with E-state index < -0.39 is 0 Å². The van der Waals surface area contributed by atoms with Gasteiger partial charge in [0.05, 0.1) is 12.2 Å². The van der Waals surface area contributed by atoms with Crippen LogP contribution in [0.2, 0.25) is 0 Å². The van der Waals surface area contributed by atoms with Gasteiger partial charge in [-0.05, 0) is 32.6 Å². The molecule has 12 heavy (non-hydrogen) atoms. The molecule has 3 nitrogen and oxygen atoms in total. The van der Waals surface area contributed by atoms with Gasteiger partial charge in [0.25, 0.3) is 0 Å². The van der Waals surface area contributed by atoms with Crippen LogP contribution in [-0.4, -0.2) is 35.0 Å². The molecule has 1 unspecified atom stereocenters. The van der Waals surface area contributed by atoms with Crippen LogP contribution in [0.15, 0.2) is 0 Å². The molecule has 0 aromatic rings. The Hall–Kier alpha value is -0.120. The number of aliphatic hydroxyl groups excluding tert-OH is 2. The molecule has 72 valence electrons. The van der Waals surface area contributed by atoms with Crippen LogP contribution in [-0.2, 0) is 0 Å². The first kappa shape index (κ1) is 9.96. The number of aliphatic hydroxyl groups is 2. The second-order valence-corrected chi connectivity index (χ2v) is 3.76. The molecule has 0 aromatic heterocycles. The molecule has 1 aliphatic carbocycles. The van der Waals surface area contributed by atoms with Crippen molar-refractivity contribution in [1.29, 1.82) is 0 Å². The van der Waals surface area contributed by atoms with Crippen molar-refractivity contribution in [3.8, 4) is 0 Å². The molecular weight excluding hydrogens is 154 g/mol. The van der Waals surface area contributed by atoms with Crippen LogP contribution >= 0.6 is 0 Å². The minimum absolute atomic E-state index is 0.0883. The molecule has 0 radical (unpaired) electrons. The van der Waals surface area contributed by atoms with E-state index in [1.54, 1.807) is 6.92 Å². The summed E-state index contributed by atoms with van der Waals surface area (Å²) < 4.78 is 0. The highest BCUT2D eigenvalue weighted by Gasteiger charge is 2.18. The molecule has 1 aliphatic rings. The summed E-state index contributed by atoms with van der Waals surface area (Å²) in [6.07, 6.45) is 3.52. The maximum atomic E-state index is 9.23. The van der Waals surface area contributed by atoms with Crippen molar-refractivity contribution in [2.45, 2.75) is 50.9 Å². The smallest absolute Gasteiger partial charge is 0.0636 e. The summed E-state index contributed by atoms with van der Waals surface area (Å²) >= 11 is 0. The zero-order valence-corrected chi connectivity index (χ0v) is 7.66. The van der Waals surface area contributed by atoms with Crippen LogP contribution in [0.3, 0.4) is 0 Å². The van der Waals surface area contributed by atoms with Gasteiger partial charge < -0.3 is 15.5 Å². The second kappa shape index (κ2) is 4.80. The molecule has 1 rings (SSSR count). The van der Waals surface area contributed by atoms with Gasteiger partial charge in [-0.2, -0.15) is 0 Å². The molecule has 0 spiro atoms. The summed E-state index contributed by atoms with van der Waals surface area (Å²) in [5.74, 6) is 0. The molecule has 0 heterocycles. The first-order chi connectivity index (χ1) is 5.68. The Balaban J connectivity index is 2.09. The van der Waals surface area contributed by atoms with Crippen LogP contribution in [0.4, 0.5) is 0 Å². The number of rotatable bonds is 3. The SMILES string of the molecule is CC(O)CNC1CCC(O)CC1. The highest BCUT2D eigenvalue weighted by Crippen LogP contribution is 2.17. The van der Waals surface area contributed by atoms with Crippen molar-refractivity contribution < 1.29 is 10.2 Å². The van der Waals surface area contributed by atoms with Gasteiger partial charge in [0.15, 0.2) is 0 Å². The topological polar surface area (TPSA) is 52.5 Å². The number of hydrogen-bond donors (Lipinski definition) is 3. The average Bonchev–Trinajstić information content (AvgIpc) is 2.03. The molecule has 0 aromatic carbocycles. The molecule has 3 heteroatoms. The Bertz CT molecular complexity index is 120. The van der Waals surface area contributed by atoms with Gasteiger partial charge >= 0.3 is 0 Å². The van der Waals surface area contributed by atoms with Crippen LogP contribution in [0.1, 0.15) is 32.6 Å². The summed E-state index contributed by atoms with van der Waals surface area (Å²) in [5.41, 5.74) is 0. The van der Waals surface area contributed by atoms with E-state index in [9.17, 15) is 5.11 Å². The van der Waals surface area contributed by atoms with E-state index in [-0.39, 0.29) is 12.2 Å². The van der Waals surface area contributed by atoms with Crippen molar-refractivity contribution in [1.82, 2.24) is 5.32 Å². The largest absolute Gasteiger partial charge is 0.393 e. The van der Waals surface area contributed by atoms with E-state index >= 15 is 0 Å². The Kier molecular flexibility index (Phi) is 3.98. The highest BCUT2D eigenvalue weighted by atomic mass is 16.3. The third-order valence-electron chi connectivity index (χ3n) is 2.40. The second-order valence-electron chi connectivity index (χ2n) is 3.76. The van der Waals surface area contributed by atoms with E-state index in [0.29, 0.717) is 12.6 Å². The van der Waals surface area contributed by atoms with Gasteiger partial charge in [0.2, 0.25) is 0 Å². The lowest BCUT2D eigenvalue weighted by atomic mass is 9.93. The minimum atomic E-state index is -0.267. The van der Waals surface area contributed by atoms with Gasteiger partial charge in [-0.1, -0.05) is 0 Å². The molecule has 1 saturated carbocycles. The predicted molar refractivity (Wildman–Crippen MR) is 47.9 cm³/mol. The summed E-state index contributed by atoms with van der Waals surface area (Å²) in [6, 6.07) is 0.503. The lowest BCUT2D eigenvalue weighted by Gasteiger charge is -2.26. The molecule has 0 aliphatic heterocycles. The van der Waals surface area contributed by atoms with Crippen LogP contribution < -0.4 is 5.32 Å². The molecule has 3 N–H and O–H groups in total. The van der Waals surface area contributed by atoms with E-state index in [2.05, 4.69) is 5.32 Å². The Morgan fingerprint density at radius 2 is 1.92 bits per heavy atom. The summed E-state index contributed by atoms with van der Waals surface area (Å²) in [5, 5.41) is 21.5. The van der Waals surface area contributed by atoms with Crippen molar-refractivity contribution >= 4 is 0 Å². The first-order valence-electron chi connectivity index (χ1n) is 4.78. The summed E-state index contributed by atoms with van der Waals surface area (Å²) in [6.45, 7) is 2.45. The number of hydrogen-bond acceptors (Lipinski definition) is 3. The zero-order chi connectivity index (χ0) is 8.97. The molecular formula is C9H19NO2. The van der Waals surface area contributed by atoms with E-state index in [4.69, 9.17) is 5.11 Å². The van der Waals surface area contributed by atoms with Crippen molar-refractivity contribution in [2.24, 2.45) is 0 Å². The van der Waals surface area contributed by atoms with E-state index in [1.165, 1.54) is 0 Å². The van der Waals surface area contributed by atoms with Gasteiger partial charge in [-0.15, -0.1) is 0 Å². The normalized spacial score (nSPS) is 33.2. The maximum Gasteiger partial charge on any atom is 0.0636 e.